The lowest BCUT2D eigenvalue weighted by Crippen LogP contribution is -2.75. The van der Waals surface area contributed by atoms with Gasteiger partial charge < -0.3 is 20.2 Å². The number of rotatable bonds is 7. The van der Waals surface area contributed by atoms with Crippen LogP contribution in [0.15, 0.2) is 24.3 Å². The monoisotopic (exact) mass is 495 g/mol. The van der Waals surface area contributed by atoms with Gasteiger partial charge >= 0.3 is 0 Å². The molecule has 4 aliphatic rings. The van der Waals surface area contributed by atoms with E-state index in [0.717, 1.165) is 71.0 Å². The number of carbonyl (C=O) groups is 2. The molecule has 1 spiro atoms. The molecule has 2 N–H and O–H groups in total. The highest BCUT2D eigenvalue weighted by Crippen LogP contribution is 2.37. The number of aryl methyl sites for hydroxylation is 1. The third kappa shape index (κ3) is 5.08. The summed E-state index contributed by atoms with van der Waals surface area (Å²) in [6.45, 7) is 5.49. The molecule has 6 nitrogen and oxygen atoms in total. The van der Waals surface area contributed by atoms with Gasteiger partial charge in [-0.3, -0.25) is 9.59 Å². The Morgan fingerprint density at radius 1 is 1.06 bits per heavy atom. The van der Waals surface area contributed by atoms with Crippen molar-refractivity contribution in [3.63, 3.8) is 0 Å². The zero-order chi connectivity index (χ0) is 25.1. The third-order valence-corrected chi connectivity index (χ3v) is 9.62. The number of aliphatic hydroxyl groups excluding tert-OH is 1. The van der Waals surface area contributed by atoms with Crippen molar-refractivity contribution < 1.29 is 14.7 Å². The fraction of sp³-hybridized carbons (Fsp3) is 0.733. The van der Waals surface area contributed by atoms with Gasteiger partial charge in [0.1, 0.15) is 11.6 Å². The summed E-state index contributed by atoms with van der Waals surface area (Å²) < 4.78 is 0. The number of benzene rings is 1. The van der Waals surface area contributed by atoms with Gasteiger partial charge in [0.25, 0.3) is 0 Å². The van der Waals surface area contributed by atoms with Crippen molar-refractivity contribution in [1.29, 1.82) is 0 Å². The molecule has 5 rings (SSSR count). The molecule has 2 heterocycles. The fourth-order valence-corrected chi connectivity index (χ4v) is 7.36. The number of nitrogens with zero attached hydrogens (tertiary/aromatic N) is 2. The summed E-state index contributed by atoms with van der Waals surface area (Å²) in [6.07, 6.45) is 11.3. The molecule has 0 bridgehead atoms. The van der Waals surface area contributed by atoms with Crippen LogP contribution in [0.4, 0.5) is 0 Å². The maximum atomic E-state index is 13.8. The highest BCUT2D eigenvalue weighted by atomic mass is 16.3. The molecule has 2 aliphatic carbocycles. The van der Waals surface area contributed by atoms with Gasteiger partial charge in [0, 0.05) is 26.2 Å². The zero-order valence-corrected chi connectivity index (χ0v) is 22.1. The van der Waals surface area contributed by atoms with Gasteiger partial charge in [-0.15, -0.1) is 0 Å². The summed E-state index contributed by atoms with van der Waals surface area (Å²) in [5.74, 6) is 0.669. The van der Waals surface area contributed by atoms with Crippen LogP contribution in [0.3, 0.4) is 0 Å². The van der Waals surface area contributed by atoms with Gasteiger partial charge in [0.15, 0.2) is 0 Å². The van der Waals surface area contributed by atoms with Crippen LogP contribution in [0, 0.1) is 11.8 Å². The minimum atomic E-state index is -0.789. The smallest absolute Gasteiger partial charge is 0.248 e. The number of amides is 2. The van der Waals surface area contributed by atoms with Crippen LogP contribution in [0.2, 0.25) is 0 Å². The van der Waals surface area contributed by atoms with Gasteiger partial charge in [-0.2, -0.15) is 0 Å². The summed E-state index contributed by atoms with van der Waals surface area (Å²) in [5, 5.41) is 14.2. The number of piperazine rings is 1. The second-order valence-corrected chi connectivity index (χ2v) is 11.9. The summed E-state index contributed by atoms with van der Waals surface area (Å²) >= 11 is 0. The lowest BCUT2D eigenvalue weighted by atomic mass is 9.77. The van der Waals surface area contributed by atoms with E-state index < -0.39 is 17.7 Å². The predicted octanol–water partition coefficient (Wildman–Crippen LogP) is 3.69. The second-order valence-electron chi connectivity index (χ2n) is 11.9. The van der Waals surface area contributed by atoms with Gasteiger partial charge in [-0.05, 0) is 74.3 Å². The lowest BCUT2D eigenvalue weighted by molar-refractivity contribution is -0.166. The Hall–Kier alpha value is -1.92. The first-order valence-electron chi connectivity index (χ1n) is 14.6. The summed E-state index contributed by atoms with van der Waals surface area (Å²) in [4.78, 5) is 31.9. The first-order valence-corrected chi connectivity index (χ1v) is 14.6. The molecule has 1 aromatic carbocycles. The molecule has 198 valence electrons. The topological polar surface area (TPSA) is 72.9 Å². The molecule has 3 fully saturated rings. The van der Waals surface area contributed by atoms with E-state index in [2.05, 4.69) is 41.4 Å². The minimum Gasteiger partial charge on any atom is -0.390 e. The number of piperidine rings is 1. The first kappa shape index (κ1) is 25.7. The average Bonchev–Trinajstić information content (AvgIpc) is 2.92. The first-order chi connectivity index (χ1) is 17.5. The molecule has 1 aromatic rings. The van der Waals surface area contributed by atoms with Crippen molar-refractivity contribution in [3.05, 3.63) is 35.4 Å². The average molecular weight is 496 g/mol. The quantitative estimate of drug-likeness (QED) is 0.605. The van der Waals surface area contributed by atoms with Gasteiger partial charge in [0.2, 0.25) is 11.8 Å². The molecule has 0 aromatic heterocycles. The Balaban J connectivity index is 1.24. The molecule has 1 unspecified atom stereocenters. The van der Waals surface area contributed by atoms with Crippen molar-refractivity contribution in [2.45, 2.75) is 102 Å². The van der Waals surface area contributed by atoms with Crippen molar-refractivity contribution in [2.75, 3.05) is 26.2 Å². The Morgan fingerprint density at radius 3 is 2.50 bits per heavy atom. The van der Waals surface area contributed by atoms with Crippen LogP contribution in [0.1, 0.15) is 82.3 Å². The molecule has 2 aliphatic heterocycles. The van der Waals surface area contributed by atoms with Crippen LogP contribution < -0.4 is 5.32 Å². The Labute approximate surface area is 216 Å². The predicted molar refractivity (Wildman–Crippen MR) is 141 cm³/mol. The number of nitrogens with one attached hydrogen (secondary N) is 1. The summed E-state index contributed by atoms with van der Waals surface area (Å²) in [5.41, 5.74) is 2.23. The number of hydrogen-bond donors (Lipinski definition) is 2. The Bertz CT molecular complexity index is 920. The normalized spacial score (nSPS) is 28.1. The van der Waals surface area contributed by atoms with E-state index in [1.165, 1.54) is 24.0 Å². The number of fused-ring (bicyclic) bond motifs is 1. The third-order valence-electron chi connectivity index (χ3n) is 9.62. The van der Waals surface area contributed by atoms with Crippen LogP contribution in [-0.4, -0.2) is 70.6 Å². The largest absolute Gasteiger partial charge is 0.390 e. The molecular weight excluding hydrogens is 450 g/mol. The van der Waals surface area contributed by atoms with E-state index in [9.17, 15) is 14.7 Å². The number of carbonyl (C=O) groups excluding carboxylic acids is 2. The molecule has 36 heavy (non-hydrogen) atoms. The Kier molecular flexibility index (Phi) is 8.02. The molecule has 1 saturated carbocycles. The lowest BCUT2D eigenvalue weighted by Gasteiger charge is -2.53. The van der Waals surface area contributed by atoms with Crippen molar-refractivity contribution in [3.8, 4) is 0 Å². The van der Waals surface area contributed by atoms with E-state index in [1.54, 1.807) is 0 Å². The molecule has 3 atom stereocenters. The standard InChI is InChI=1S/C30H45N3O3/c1-2-3-17-33-28(35)26(27(34)24-10-5-4-6-11-24)31-29(36)30(33)15-18-32(19-16-30)21-22-13-14-23-9-7-8-12-25(23)20-22/h7-9,12,22,24,26-27,34H,2-6,10-11,13-21H2,1H3,(H,31,36)/t22?,26-,27-/m1/s1. The van der Waals surface area contributed by atoms with E-state index in [4.69, 9.17) is 0 Å². The van der Waals surface area contributed by atoms with Crippen LogP contribution in [0.5, 0.6) is 0 Å². The van der Waals surface area contributed by atoms with Crippen LogP contribution in [-0.2, 0) is 22.4 Å². The van der Waals surface area contributed by atoms with E-state index in [1.807, 2.05) is 4.90 Å². The molecule has 6 heteroatoms. The zero-order valence-electron chi connectivity index (χ0n) is 22.1. The number of hydrogen-bond acceptors (Lipinski definition) is 4. The minimum absolute atomic E-state index is 0.0377. The van der Waals surface area contributed by atoms with Crippen LogP contribution >= 0.6 is 0 Å². The highest BCUT2D eigenvalue weighted by molar-refractivity contribution is 6.00. The van der Waals surface area contributed by atoms with E-state index in [0.29, 0.717) is 25.3 Å². The maximum absolute atomic E-state index is 13.8. The molecular formula is C30H45N3O3. The molecule has 0 radical (unpaired) electrons. The van der Waals surface area contributed by atoms with Gasteiger partial charge in [-0.1, -0.05) is 56.9 Å². The number of likely N-dealkylation sites (tertiary alicyclic amines) is 1. The Morgan fingerprint density at radius 2 is 1.78 bits per heavy atom. The van der Waals surface area contributed by atoms with Crippen molar-refractivity contribution in [1.82, 2.24) is 15.1 Å². The van der Waals surface area contributed by atoms with E-state index >= 15 is 0 Å². The number of unbranched alkanes of at least 4 members (excludes halogenated alkanes) is 1. The SMILES string of the molecule is CCCCN1C(=O)[C@@H]([C@H](O)C2CCCCC2)NC(=O)C12CCN(CC1CCc3ccccc3C1)CC2. The molecule has 2 amide bonds. The fourth-order valence-electron chi connectivity index (χ4n) is 7.36. The highest BCUT2D eigenvalue weighted by Gasteiger charge is 2.55. The summed E-state index contributed by atoms with van der Waals surface area (Å²) in [6, 6.07) is 8.03. The molecule has 2 saturated heterocycles. The van der Waals surface area contributed by atoms with E-state index in [-0.39, 0.29) is 17.7 Å². The summed E-state index contributed by atoms with van der Waals surface area (Å²) in [7, 11) is 0. The maximum Gasteiger partial charge on any atom is 0.248 e. The number of aliphatic hydroxyl groups is 1. The van der Waals surface area contributed by atoms with Crippen molar-refractivity contribution in [2.24, 2.45) is 11.8 Å². The van der Waals surface area contributed by atoms with Crippen molar-refractivity contribution >= 4 is 11.8 Å². The second kappa shape index (κ2) is 11.2. The van der Waals surface area contributed by atoms with Gasteiger partial charge in [0.05, 0.1) is 6.10 Å². The van der Waals surface area contributed by atoms with Gasteiger partial charge in [-0.25, -0.2) is 0 Å². The van der Waals surface area contributed by atoms with Crippen LogP contribution in [0.25, 0.3) is 0 Å².